The molecule has 0 saturated carbocycles. The van der Waals surface area contributed by atoms with Crippen molar-refractivity contribution in [3.63, 3.8) is 0 Å². The van der Waals surface area contributed by atoms with Gasteiger partial charge in [-0.3, -0.25) is 0 Å². The molecular formula is C15H16ClN3. The minimum absolute atomic E-state index is 0.567. The van der Waals surface area contributed by atoms with Crippen molar-refractivity contribution in [1.29, 1.82) is 0 Å². The van der Waals surface area contributed by atoms with Gasteiger partial charge in [0.2, 0.25) is 0 Å². The average molecular weight is 274 g/mol. The summed E-state index contributed by atoms with van der Waals surface area (Å²) in [7, 11) is 0. The third-order valence-electron chi connectivity index (χ3n) is 2.81. The third-order valence-corrected chi connectivity index (χ3v) is 3.08. The second kappa shape index (κ2) is 6.90. The highest BCUT2D eigenvalue weighted by molar-refractivity contribution is 6.32. The van der Waals surface area contributed by atoms with Gasteiger partial charge in [0.1, 0.15) is 11.3 Å². The van der Waals surface area contributed by atoms with E-state index in [2.05, 4.69) is 33.6 Å². The van der Waals surface area contributed by atoms with E-state index in [0.29, 0.717) is 11.6 Å². The molecule has 2 aromatic rings. The number of hydrogen-bond donors (Lipinski definition) is 0. The number of benzene rings is 1. The molecule has 1 heterocycles. The Kier molecular flexibility index (Phi) is 4.93. The van der Waals surface area contributed by atoms with Crippen molar-refractivity contribution in [3.8, 4) is 0 Å². The topological polar surface area (TPSA) is 29.0 Å². The van der Waals surface area contributed by atoms with Crippen LogP contribution in [0.25, 0.3) is 0 Å². The highest BCUT2D eigenvalue weighted by Gasteiger charge is 2.10. The fourth-order valence-corrected chi connectivity index (χ4v) is 2.11. The van der Waals surface area contributed by atoms with Crippen LogP contribution in [0.5, 0.6) is 0 Å². The lowest BCUT2D eigenvalue weighted by Crippen LogP contribution is -2.27. The van der Waals surface area contributed by atoms with E-state index < -0.39 is 0 Å². The van der Waals surface area contributed by atoms with Gasteiger partial charge in [-0.05, 0) is 12.0 Å². The number of aromatic nitrogens is 2. The summed E-state index contributed by atoms with van der Waals surface area (Å²) in [5.41, 5.74) is 1.29. The van der Waals surface area contributed by atoms with E-state index in [9.17, 15) is 0 Å². The van der Waals surface area contributed by atoms with Crippen LogP contribution in [-0.4, -0.2) is 23.1 Å². The van der Waals surface area contributed by atoms with Gasteiger partial charge in [0.15, 0.2) is 5.82 Å². The smallest absolute Gasteiger partial charge is 0.151 e. The zero-order valence-electron chi connectivity index (χ0n) is 10.7. The quantitative estimate of drug-likeness (QED) is 0.756. The first-order valence-corrected chi connectivity index (χ1v) is 6.54. The lowest BCUT2D eigenvalue weighted by Gasteiger charge is -2.22. The molecule has 0 saturated heterocycles. The molecule has 2 rings (SSSR count). The van der Waals surface area contributed by atoms with Gasteiger partial charge in [0.25, 0.3) is 0 Å². The highest BCUT2D eigenvalue weighted by atomic mass is 35.5. The molecule has 0 fully saturated rings. The summed E-state index contributed by atoms with van der Waals surface area (Å²) in [6.07, 6.45) is 5.92. The van der Waals surface area contributed by atoms with Crippen LogP contribution in [0.3, 0.4) is 0 Å². The van der Waals surface area contributed by atoms with Crippen molar-refractivity contribution < 1.29 is 0 Å². The van der Waals surface area contributed by atoms with Crippen LogP contribution in [0.4, 0.5) is 5.82 Å². The van der Waals surface area contributed by atoms with Gasteiger partial charge in [0.05, 0.1) is 6.20 Å². The largest absolute Gasteiger partial charge is 0.351 e. The third kappa shape index (κ3) is 3.80. The molecule has 0 aliphatic heterocycles. The highest BCUT2D eigenvalue weighted by Crippen LogP contribution is 2.21. The number of nitrogens with zero attached hydrogens (tertiary/aromatic N) is 3. The summed E-state index contributed by atoms with van der Waals surface area (Å²) in [5, 5.41) is 0.567. The summed E-state index contributed by atoms with van der Waals surface area (Å²) in [4.78, 5) is 10.3. The Bertz CT molecular complexity index is 528. The van der Waals surface area contributed by atoms with Crippen LogP contribution in [0, 0.1) is 0 Å². The molecule has 0 spiro atoms. The summed E-state index contributed by atoms with van der Waals surface area (Å²) >= 11 is 6.14. The minimum atomic E-state index is 0.567. The van der Waals surface area contributed by atoms with E-state index in [1.54, 1.807) is 6.20 Å². The fraction of sp³-hybridized carbons (Fsp3) is 0.200. The molecule has 1 aromatic carbocycles. The Hall–Kier alpha value is -1.87. The SMILES string of the molecule is C=CCN(CCc1ccccc1)c1ncncc1Cl. The molecule has 0 aliphatic carbocycles. The van der Waals surface area contributed by atoms with Crippen molar-refractivity contribution in [1.82, 2.24) is 9.97 Å². The van der Waals surface area contributed by atoms with Gasteiger partial charge in [-0.15, -0.1) is 6.58 Å². The number of anilines is 1. The predicted molar refractivity (Wildman–Crippen MR) is 79.6 cm³/mol. The first-order chi connectivity index (χ1) is 9.31. The van der Waals surface area contributed by atoms with Crippen molar-refractivity contribution >= 4 is 17.4 Å². The molecule has 0 N–H and O–H groups in total. The van der Waals surface area contributed by atoms with E-state index in [1.165, 1.54) is 11.9 Å². The molecule has 0 aliphatic rings. The van der Waals surface area contributed by atoms with Gasteiger partial charge in [-0.1, -0.05) is 48.0 Å². The maximum absolute atomic E-state index is 6.14. The van der Waals surface area contributed by atoms with E-state index in [4.69, 9.17) is 11.6 Å². The Labute approximate surface area is 118 Å². The lowest BCUT2D eigenvalue weighted by molar-refractivity contribution is 0.817. The van der Waals surface area contributed by atoms with E-state index in [-0.39, 0.29) is 0 Å². The first-order valence-electron chi connectivity index (χ1n) is 6.16. The van der Waals surface area contributed by atoms with Crippen LogP contribution in [0.1, 0.15) is 5.56 Å². The lowest BCUT2D eigenvalue weighted by atomic mass is 10.1. The molecule has 19 heavy (non-hydrogen) atoms. The summed E-state index contributed by atoms with van der Waals surface area (Å²) < 4.78 is 0. The summed E-state index contributed by atoms with van der Waals surface area (Å²) in [6, 6.07) is 10.4. The molecule has 3 nitrogen and oxygen atoms in total. The van der Waals surface area contributed by atoms with Crippen LogP contribution in [0.2, 0.25) is 5.02 Å². The van der Waals surface area contributed by atoms with Crippen molar-refractivity contribution in [2.45, 2.75) is 6.42 Å². The van der Waals surface area contributed by atoms with Gasteiger partial charge in [-0.25, -0.2) is 9.97 Å². The van der Waals surface area contributed by atoms with Crippen molar-refractivity contribution in [3.05, 3.63) is 66.1 Å². The van der Waals surface area contributed by atoms with E-state index >= 15 is 0 Å². The zero-order valence-corrected chi connectivity index (χ0v) is 11.4. The molecule has 1 aromatic heterocycles. The van der Waals surface area contributed by atoms with Crippen LogP contribution in [0.15, 0.2) is 55.5 Å². The summed E-state index contributed by atoms with van der Waals surface area (Å²) in [6.45, 7) is 5.33. The molecule has 4 heteroatoms. The first kappa shape index (κ1) is 13.6. The predicted octanol–water partition coefficient (Wildman–Crippen LogP) is 3.37. The molecule has 0 radical (unpaired) electrons. The van der Waals surface area contributed by atoms with E-state index in [0.717, 1.165) is 18.8 Å². The Balaban J connectivity index is 2.09. The second-order valence-corrected chi connectivity index (χ2v) is 4.57. The molecule has 0 unspecified atom stereocenters. The zero-order chi connectivity index (χ0) is 13.5. The number of rotatable bonds is 6. The van der Waals surface area contributed by atoms with Crippen LogP contribution in [-0.2, 0) is 6.42 Å². The molecule has 98 valence electrons. The Morgan fingerprint density at radius 3 is 2.74 bits per heavy atom. The Morgan fingerprint density at radius 1 is 1.26 bits per heavy atom. The maximum atomic E-state index is 6.14. The van der Waals surface area contributed by atoms with Gasteiger partial charge in [-0.2, -0.15) is 0 Å². The molecular weight excluding hydrogens is 258 g/mol. The average Bonchev–Trinajstić information content (AvgIpc) is 2.45. The monoisotopic (exact) mass is 273 g/mol. The van der Waals surface area contributed by atoms with Crippen molar-refractivity contribution in [2.24, 2.45) is 0 Å². The minimum Gasteiger partial charge on any atom is -0.351 e. The molecule has 0 atom stereocenters. The van der Waals surface area contributed by atoms with Gasteiger partial charge < -0.3 is 4.90 Å². The van der Waals surface area contributed by atoms with Gasteiger partial charge >= 0.3 is 0 Å². The Morgan fingerprint density at radius 2 is 2.05 bits per heavy atom. The molecule has 0 amide bonds. The normalized spacial score (nSPS) is 10.2. The number of hydrogen-bond acceptors (Lipinski definition) is 3. The number of halogens is 1. The molecule has 0 bridgehead atoms. The maximum Gasteiger partial charge on any atom is 0.151 e. The van der Waals surface area contributed by atoms with Crippen molar-refractivity contribution in [2.75, 3.05) is 18.0 Å². The standard InChI is InChI=1S/C15H16ClN3/c1-2-9-19(15-14(16)11-17-12-18-15)10-8-13-6-4-3-5-7-13/h2-7,11-12H,1,8-10H2. The van der Waals surface area contributed by atoms with Gasteiger partial charge in [0, 0.05) is 13.1 Å². The second-order valence-electron chi connectivity index (χ2n) is 4.16. The van der Waals surface area contributed by atoms with Crippen LogP contribution < -0.4 is 4.90 Å². The fourth-order valence-electron chi connectivity index (χ4n) is 1.89. The summed E-state index contributed by atoms with van der Waals surface area (Å²) in [5.74, 6) is 0.757. The van der Waals surface area contributed by atoms with E-state index in [1.807, 2.05) is 24.3 Å². The van der Waals surface area contributed by atoms with Crippen LogP contribution >= 0.6 is 11.6 Å².